The minimum Gasteiger partial charge on any atom is -0.354 e. The Morgan fingerprint density at radius 3 is 1.68 bits per heavy atom. The van der Waals surface area contributed by atoms with Gasteiger partial charge in [0.2, 0.25) is 0 Å². The standard InChI is InChI=1S/C47H57NP2/c1-32-26-33(2)42(34(3)27-32)49-43(35-20-15-13-16-21-35)40-24-19-25-41(48-40)44(36-22-17-14-18-23-36)50(12)31-47(10,11)39-29-37(45(4,5)6)28-38(30-39)46(7,8)9/h13-30,48H,31H2,1-12H3/b44-41+. The van der Waals surface area contributed by atoms with Gasteiger partial charge in [-0.25, -0.2) is 0 Å². The molecule has 0 aromatic heterocycles. The van der Waals surface area contributed by atoms with E-state index >= 15 is 0 Å². The summed E-state index contributed by atoms with van der Waals surface area (Å²) in [5.41, 5.74) is 13.4. The molecule has 1 heterocycles. The Balaban J connectivity index is 1.60. The number of aryl methyl sites for hydroxylation is 3. The average Bonchev–Trinajstić information content (AvgIpc) is 3.04. The van der Waals surface area contributed by atoms with Crippen LogP contribution in [0.2, 0.25) is 0 Å². The first kappa shape index (κ1) is 37.7. The van der Waals surface area contributed by atoms with E-state index in [4.69, 9.17) is 0 Å². The zero-order valence-corrected chi connectivity index (χ0v) is 34.3. The molecule has 0 aliphatic carbocycles. The fraction of sp³-hybridized carbons (Fsp3) is 0.340. The summed E-state index contributed by atoms with van der Waals surface area (Å²) in [6.07, 6.45) is 7.87. The highest BCUT2D eigenvalue weighted by atomic mass is 31.1. The molecule has 1 aliphatic rings. The van der Waals surface area contributed by atoms with Crippen molar-refractivity contribution in [1.29, 1.82) is 0 Å². The maximum absolute atomic E-state index is 4.01. The SMILES string of the molecule is Cc1cc(C)c(P=C(C2=CC=C/C(=C(/c3ccccc3)P(C)CC(C)(C)c3cc(C(C)(C)C)cc(C(C)(C)C)c3)N2)c2ccccc2)c(C)c1. The minimum atomic E-state index is -0.558. The van der Waals surface area contributed by atoms with Gasteiger partial charge in [-0.3, -0.25) is 0 Å². The van der Waals surface area contributed by atoms with Crippen molar-refractivity contribution >= 4 is 32.0 Å². The molecule has 50 heavy (non-hydrogen) atoms. The van der Waals surface area contributed by atoms with E-state index in [0.717, 1.165) is 6.16 Å². The van der Waals surface area contributed by atoms with Crippen LogP contribution in [0.5, 0.6) is 0 Å². The third kappa shape index (κ3) is 8.86. The highest BCUT2D eigenvalue weighted by Gasteiger charge is 2.30. The van der Waals surface area contributed by atoms with Crippen molar-refractivity contribution in [2.75, 3.05) is 12.8 Å². The van der Waals surface area contributed by atoms with Gasteiger partial charge >= 0.3 is 0 Å². The summed E-state index contributed by atoms with van der Waals surface area (Å²) in [5, 5.41) is 8.11. The van der Waals surface area contributed by atoms with Crippen molar-refractivity contribution in [2.45, 2.75) is 92.4 Å². The van der Waals surface area contributed by atoms with Crippen LogP contribution in [0, 0.1) is 20.8 Å². The molecular weight excluding hydrogens is 640 g/mol. The van der Waals surface area contributed by atoms with E-state index in [-0.39, 0.29) is 16.2 Å². The Hall–Kier alpha value is -3.50. The van der Waals surface area contributed by atoms with Crippen LogP contribution in [0.15, 0.2) is 121 Å². The van der Waals surface area contributed by atoms with E-state index in [1.54, 1.807) is 0 Å². The molecule has 5 rings (SSSR count). The van der Waals surface area contributed by atoms with E-state index in [0.29, 0.717) is 0 Å². The number of hydrogen-bond donors (Lipinski definition) is 1. The molecule has 0 fully saturated rings. The van der Waals surface area contributed by atoms with E-state index in [9.17, 15) is 0 Å². The fourth-order valence-corrected chi connectivity index (χ4v) is 10.8. The molecule has 1 aliphatic heterocycles. The average molecular weight is 698 g/mol. The Morgan fingerprint density at radius 2 is 1.16 bits per heavy atom. The summed E-state index contributed by atoms with van der Waals surface area (Å²) in [6, 6.07) is 34.0. The maximum atomic E-state index is 4.01. The van der Waals surface area contributed by atoms with Crippen LogP contribution in [-0.2, 0) is 16.2 Å². The first-order valence-corrected chi connectivity index (χ1v) is 20.9. The molecule has 1 N–H and O–H groups in total. The van der Waals surface area contributed by atoms with Gasteiger partial charge in [-0.1, -0.05) is 174 Å². The zero-order valence-electron chi connectivity index (χ0n) is 32.5. The summed E-state index contributed by atoms with van der Waals surface area (Å²) in [6.45, 7) is 28.1. The lowest BCUT2D eigenvalue weighted by Gasteiger charge is -2.34. The molecular formula is C47H57NP2. The van der Waals surface area contributed by atoms with Gasteiger partial charge in [0.1, 0.15) is 0 Å². The topological polar surface area (TPSA) is 12.0 Å². The first-order valence-electron chi connectivity index (χ1n) is 18.0. The molecule has 0 spiro atoms. The molecule has 0 saturated heterocycles. The molecule has 0 saturated carbocycles. The largest absolute Gasteiger partial charge is 0.354 e. The zero-order chi connectivity index (χ0) is 36.4. The monoisotopic (exact) mass is 697 g/mol. The van der Waals surface area contributed by atoms with E-state index in [2.05, 4.69) is 197 Å². The number of rotatable bonds is 8. The smallest absolute Gasteiger partial charge is 0.0510 e. The molecule has 260 valence electrons. The Kier molecular flexibility index (Phi) is 11.3. The van der Waals surface area contributed by atoms with E-state index in [1.807, 2.05) is 0 Å². The lowest BCUT2D eigenvalue weighted by molar-refractivity contribution is 0.551. The molecule has 4 aromatic rings. The molecule has 0 bridgehead atoms. The second kappa shape index (κ2) is 15.0. The van der Waals surface area contributed by atoms with Crippen molar-refractivity contribution < 1.29 is 0 Å². The molecule has 4 aromatic carbocycles. The van der Waals surface area contributed by atoms with Gasteiger partial charge < -0.3 is 5.32 Å². The van der Waals surface area contributed by atoms with Crippen molar-refractivity contribution in [3.05, 3.63) is 165 Å². The quantitative estimate of drug-likeness (QED) is 0.181. The number of hydrogen-bond acceptors (Lipinski definition) is 1. The normalized spacial score (nSPS) is 15.8. The van der Waals surface area contributed by atoms with E-state index in [1.165, 1.54) is 80.0 Å². The predicted molar refractivity (Wildman–Crippen MR) is 226 cm³/mol. The second-order valence-electron chi connectivity index (χ2n) is 16.8. The summed E-state index contributed by atoms with van der Waals surface area (Å²) in [5.74, 6) is 0. The maximum Gasteiger partial charge on any atom is 0.0510 e. The summed E-state index contributed by atoms with van der Waals surface area (Å²) in [7, 11) is 0.649. The van der Waals surface area contributed by atoms with Gasteiger partial charge in [-0.2, -0.15) is 0 Å². The number of allylic oxidation sites excluding steroid dienone is 4. The molecule has 0 radical (unpaired) electrons. The third-order valence-electron chi connectivity index (χ3n) is 9.72. The predicted octanol–water partition coefficient (Wildman–Crippen LogP) is 12.5. The van der Waals surface area contributed by atoms with Gasteiger partial charge in [0.05, 0.1) is 5.70 Å². The molecule has 3 heteroatoms. The van der Waals surface area contributed by atoms with Crippen LogP contribution in [-0.4, -0.2) is 18.1 Å². The minimum absolute atomic E-state index is 0.0141. The summed E-state index contributed by atoms with van der Waals surface area (Å²) >= 11 is 0. The van der Waals surface area contributed by atoms with E-state index < -0.39 is 7.92 Å². The van der Waals surface area contributed by atoms with Crippen molar-refractivity contribution in [3.63, 3.8) is 0 Å². The molecule has 0 amide bonds. The number of dihydropyridines is 1. The van der Waals surface area contributed by atoms with Crippen LogP contribution in [0.1, 0.15) is 99.9 Å². The van der Waals surface area contributed by atoms with Crippen LogP contribution >= 0.6 is 16.1 Å². The Morgan fingerprint density at radius 1 is 0.660 bits per heavy atom. The first-order chi connectivity index (χ1) is 23.4. The fourth-order valence-electron chi connectivity index (χ4n) is 6.91. The van der Waals surface area contributed by atoms with Crippen LogP contribution in [0.3, 0.4) is 0 Å². The number of nitrogens with one attached hydrogen (secondary N) is 1. The molecule has 1 unspecified atom stereocenters. The Bertz CT molecular complexity index is 1900. The molecule has 1 atom stereocenters. The highest BCUT2D eigenvalue weighted by Crippen LogP contribution is 2.53. The summed E-state index contributed by atoms with van der Waals surface area (Å²) < 4.78 is 0. The van der Waals surface area contributed by atoms with Crippen LogP contribution in [0.25, 0.3) is 5.31 Å². The van der Waals surface area contributed by atoms with Gasteiger partial charge in [-0.05, 0) is 101 Å². The lowest BCUT2D eigenvalue weighted by atomic mass is 9.75. The third-order valence-corrected chi connectivity index (χ3v) is 13.9. The van der Waals surface area contributed by atoms with Crippen molar-refractivity contribution in [1.82, 2.24) is 5.32 Å². The van der Waals surface area contributed by atoms with Crippen LogP contribution < -0.4 is 10.6 Å². The van der Waals surface area contributed by atoms with Gasteiger partial charge in [0.15, 0.2) is 0 Å². The van der Waals surface area contributed by atoms with Gasteiger partial charge in [0, 0.05) is 21.6 Å². The Labute approximate surface area is 306 Å². The van der Waals surface area contributed by atoms with Gasteiger partial charge in [-0.15, -0.1) is 0 Å². The molecule has 1 nitrogen and oxygen atoms in total. The van der Waals surface area contributed by atoms with Gasteiger partial charge in [0.25, 0.3) is 0 Å². The summed E-state index contributed by atoms with van der Waals surface area (Å²) in [4.78, 5) is 0. The van der Waals surface area contributed by atoms with Crippen LogP contribution in [0.4, 0.5) is 0 Å². The highest BCUT2D eigenvalue weighted by molar-refractivity contribution is 7.67. The lowest BCUT2D eigenvalue weighted by Crippen LogP contribution is -2.26. The van der Waals surface area contributed by atoms with Crippen molar-refractivity contribution in [2.24, 2.45) is 0 Å². The van der Waals surface area contributed by atoms with Crippen molar-refractivity contribution in [3.8, 4) is 0 Å². The number of benzene rings is 4. The second-order valence-corrected chi connectivity index (χ2v) is 20.1.